The van der Waals surface area contributed by atoms with Gasteiger partial charge in [0.15, 0.2) is 5.82 Å². The summed E-state index contributed by atoms with van der Waals surface area (Å²) in [6, 6.07) is 11.7. The third-order valence-corrected chi connectivity index (χ3v) is 3.43. The van der Waals surface area contributed by atoms with Crippen LogP contribution in [0.25, 0.3) is 22.4 Å². The van der Waals surface area contributed by atoms with E-state index in [1.165, 1.54) is 0 Å². The summed E-state index contributed by atoms with van der Waals surface area (Å²) in [5.41, 5.74) is 10.6. The van der Waals surface area contributed by atoms with Gasteiger partial charge in [-0.05, 0) is 36.8 Å². The lowest BCUT2D eigenvalue weighted by atomic mass is 10.00. The van der Waals surface area contributed by atoms with Crippen LogP contribution in [-0.2, 0) is 0 Å². The molecule has 0 saturated heterocycles. The number of hydrogen-bond donors (Lipinski definition) is 2. The van der Waals surface area contributed by atoms with E-state index in [0.29, 0.717) is 5.82 Å². The van der Waals surface area contributed by atoms with Crippen LogP contribution in [0.15, 0.2) is 42.6 Å². The van der Waals surface area contributed by atoms with Crippen LogP contribution < -0.4 is 10.5 Å². The highest BCUT2D eigenvalue weighted by Crippen LogP contribution is 2.36. The fourth-order valence-corrected chi connectivity index (χ4v) is 2.37. The van der Waals surface area contributed by atoms with Crippen molar-refractivity contribution in [1.82, 2.24) is 15.2 Å². The van der Waals surface area contributed by atoms with E-state index in [1.54, 1.807) is 13.3 Å². The Morgan fingerprint density at radius 3 is 2.81 bits per heavy atom. The quantitative estimate of drug-likeness (QED) is 0.773. The van der Waals surface area contributed by atoms with Crippen molar-refractivity contribution in [2.45, 2.75) is 6.92 Å². The minimum atomic E-state index is 0.460. The van der Waals surface area contributed by atoms with Crippen molar-refractivity contribution in [3.05, 3.63) is 48.3 Å². The Hall–Kier alpha value is -2.82. The molecule has 0 unspecified atom stereocenters. The first-order valence-corrected chi connectivity index (χ1v) is 6.61. The van der Waals surface area contributed by atoms with E-state index in [2.05, 4.69) is 15.2 Å². The molecule has 0 spiro atoms. The maximum absolute atomic E-state index is 6.05. The summed E-state index contributed by atoms with van der Waals surface area (Å²) in [5.74, 6) is 1.24. The maximum Gasteiger partial charge on any atom is 0.153 e. The molecule has 0 atom stereocenters. The second-order valence-electron chi connectivity index (χ2n) is 4.73. The average molecular weight is 280 g/mol. The lowest BCUT2D eigenvalue weighted by Gasteiger charge is -2.08. The number of nitrogens with two attached hydrogens (primary N) is 1. The molecule has 0 bridgehead atoms. The zero-order valence-corrected chi connectivity index (χ0v) is 11.9. The van der Waals surface area contributed by atoms with Crippen LogP contribution in [0.4, 0.5) is 5.82 Å². The number of nitrogens with zero attached hydrogens (tertiary/aromatic N) is 2. The van der Waals surface area contributed by atoms with Gasteiger partial charge in [-0.2, -0.15) is 5.10 Å². The Morgan fingerprint density at radius 1 is 1.19 bits per heavy atom. The number of hydrogen-bond acceptors (Lipinski definition) is 4. The molecule has 2 heterocycles. The summed E-state index contributed by atoms with van der Waals surface area (Å²) >= 11 is 0. The zero-order chi connectivity index (χ0) is 14.8. The first-order valence-electron chi connectivity index (χ1n) is 6.61. The van der Waals surface area contributed by atoms with Gasteiger partial charge >= 0.3 is 0 Å². The second-order valence-corrected chi connectivity index (χ2v) is 4.73. The molecular formula is C16H16N4O. The highest BCUT2D eigenvalue weighted by atomic mass is 16.5. The molecule has 0 aliphatic rings. The second kappa shape index (κ2) is 5.28. The van der Waals surface area contributed by atoms with Gasteiger partial charge in [-0.3, -0.25) is 10.1 Å². The van der Waals surface area contributed by atoms with E-state index in [1.807, 2.05) is 43.3 Å². The predicted molar refractivity (Wildman–Crippen MR) is 83.0 cm³/mol. The third kappa shape index (κ3) is 2.33. The van der Waals surface area contributed by atoms with E-state index < -0.39 is 0 Å². The normalized spacial score (nSPS) is 10.6. The number of H-pyrrole nitrogens is 1. The van der Waals surface area contributed by atoms with Crippen molar-refractivity contribution >= 4 is 5.82 Å². The van der Waals surface area contributed by atoms with Crippen LogP contribution in [0.1, 0.15) is 5.69 Å². The molecule has 0 aliphatic carbocycles. The first kappa shape index (κ1) is 13.2. The number of aromatic nitrogens is 3. The number of nitrogens with one attached hydrogen (secondary N) is 1. The summed E-state index contributed by atoms with van der Waals surface area (Å²) in [7, 11) is 1.64. The van der Waals surface area contributed by atoms with Crippen LogP contribution >= 0.6 is 0 Å². The smallest absolute Gasteiger partial charge is 0.153 e. The monoisotopic (exact) mass is 280 g/mol. The van der Waals surface area contributed by atoms with Crippen molar-refractivity contribution in [2.75, 3.05) is 12.8 Å². The van der Waals surface area contributed by atoms with Crippen molar-refractivity contribution in [1.29, 1.82) is 0 Å². The molecule has 0 saturated carbocycles. The molecule has 21 heavy (non-hydrogen) atoms. The van der Waals surface area contributed by atoms with Gasteiger partial charge in [0.05, 0.1) is 18.4 Å². The lowest BCUT2D eigenvalue weighted by molar-refractivity contribution is 0.415. The molecule has 0 aliphatic heterocycles. The molecule has 2 aromatic heterocycles. The summed E-state index contributed by atoms with van der Waals surface area (Å²) in [6.07, 6.45) is 1.77. The topological polar surface area (TPSA) is 76.8 Å². The van der Waals surface area contributed by atoms with Crippen LogP contribution in [0.5, 0.6) is 5.75 Å². The maximum atomic E-state index is 6.05. The molecule has 5 nitrogen and oxygen atoms in total. The Labute approximate surface area is 122 Å². The Kier molecular flexibility index (Phi) is 3.31. The molecule has 3 aromatic rings. The number of benzene rings is 1. The number of pyridine rings is 1. The number of aromatic amines is 1. The van der Waals surface area contributed by atoms with Crippen LogP contribution in [0.3, 0.4) is 0 Å². The van der Waals surface area contributed by atoms with E-state index in [9.17, 15) is 0 Å². The van der Waals surface area contributed by atoms with Gasteiger partial charge in [-0.15, -0.1) is 0 Å². The van der Waals surface area contributed by atoms with Crippen molar-refractivity contribution in [2.24, 2.45) is 0 Å². The molecule has 0 radical (unpaired) electrons. The Bertz CT molecular complexity index is 779. The van der Waals surface area contributed by atoms with Gasteiger partial charge in [-0.25, -0.2) is 0 Å². The highest BCUT2D eigenvalue weighted by Gasteiger charge is 2.16. The third-order valence-electron chi connectivity index (χ3n) is 3.43. The zero-order valence-electron chi connectivity index (χ0n) is 11.9. The van der Waals surface area contributed by atoms with Gasteiger partial charge in [-0.1, -0.05) is 12.1 Å². The van der Waals surface area contributed by atoms with Gasteiger partial charge in [0, 0.05) is 17.5 Å². The molecule has 0 fully saturated rings. The fraction of sp³-hybridized carbons (Fsp3) is 0.125. The van der Waals surface area contributed by atoms with Crippen LogP contribution in [-0.4, -0.2) is 22.3 Å². The number of anilines is 1. The summed E-state index contributed by atoms with van der Waals surface area (Å²) in [6.45, 7) is 1.96. The van der Waals surface area contributed by atoms with Crippen LogP contribution in [0.2, 0.25) is 0 Å². The van der Waals surface area contributed by atoms with E-state index >= 15 is 0 Å². The summed E-state index contributed by atoms with van der Waals surface area (Å²) < 4.78 is 5.28. The molecule has 3 N–H and O–H groups in total. The number of nitrogen functional groups attached to an aromatic ring is 1. The molecule has 5 heteroatoms. The SMILES string of the molecule is COc1cccc(-c2c(N)n[nH]c2-c2cccnc2C)c1. The Balaban J connectivity index is 2.20. The largest absolute Gasteiger partial charge is 0.497 e. The van der Waals surface area contributed by atoms with E-state index in [0.717, 1.165) is 33.8 Å². The Morgan fingerprint density at radius 2 is 2.05 bits per heavy atom. The van der Waals surface area contributed by atoms with Gasteiger partial charge < -0.3 is 10.5 Å². The molecular weight excluding hydrogens is 264 g/mol. The molecule has 3 rings (SSSR count). The van der Waals surface area contributed by atoms with Crippen LogP contribution in [0, 0.1) is 6.92 Å². The van der Waals surface area contributed by atoms with E-state index in [-0.39, 0.29) is 0 Å². The van der Waals surface area contributed by atoms with Crippen molar-refractivity contribution in [3.8, 4) is 28.1 Å². The van der Waals surface area contributed by atoms with E-state index in [4.69, 9.17) is 10.5 Å². The lowest BCUT2D eigenvalue weighted by Crippen LogP contribution is -1.92. The molecule has 1 aromatic carbocycles. The number of aryl methyl sites for hydroxylation is 1. The van der Waals surface area contributed by atoms with Gasteiger partial charge in [0.25, 0.3) is 0 Å². The fourth-order valence-electron chi connectivity index (χ4n) is 2.37. The number of methoxy groups -OCH3 is 1. The minimum absolute atomic E-state index is 0.460. The summed E-state index contributed by atoms with van der Waals surface area (Å²) in [4.78, 5) is 4.32. The first-order chi connectivity index (χ1) is 10.2. The predicted octanol–water partition coefficient (Wildman–Crippen LogP) is 3.04. The number of ether oxygens (including phenoxy) is 1. The molecule has 106 valence electrons. The molecule has 0 amide bonds. The van der Waals surface area contributed by atoms with Crippen molar-refractivity contribution in [3.63, 3.8) is 0 Å². The minimum Gasteiger partial charge on any atom is -0.497 e. The van der Waals surface area contributed by atoms with Crippen molar-refractivity contribution < 1.29 is 4.74 Å². The highest BCUT2D eigenvalue weighted by molar-refractivity contribution is 5.88. The van der Waals surface area contributed by atoms with Gasteiger partial charge in [0.2, 0.25) is 0 Å². The number of rotatable bonds is 3. The summed E-state index contributed by atoms with van der Waals surface area (Å²) in [5, 5.41) is 7.16. The average Bonchev–Trinajstić information content (AvgIpc) is 2.89. The van der Waals surface area contributed by atoms with Gasteiger partial charge in [0.1, 0.15) is 5.75 Å². The standard InChI is InChI=1S/C16H16N4O/c1-10-13(7-4-8-18-10)15-14(16(17)20-19-15)11-5-3-6-12(9-11)21-2/h3-9H,1-2H3,(H3,17,19,20).